The first-order valence-corrected chi connectivity index (χ1v) is 7.41. The maximum absolute atomic E-state index is 12.7. The van der Waals surface area contributed by atoms with Crippen LogP contribution in [0.15, 0.2) is 30.3 Å². The first-order valence-electron chi connectivity index (χ1n) is 7.41. The molecule has 0 N–H and O–H groups in total. The van der Waals surface area contributed by atoms with Crippen LogP contribution >= 0.6 is 0 Å². The van der Waals surface area contributed by atoms with Crippen molar-refractivity contribution in [2.24, 2.45) is 0 Å². The van der Waals surface area contributed by atoms with Crippen LogP contribution in [0.1, 0.15) is 25.7 Å². The molecule has 0 unspecified atom stereocenters. The molecule has 2 heterocycles. The normalized spacial score (nSPS) is 25.8. The minimum Gasteiger partial charge on any atom is -0.379 e. The molecule has 2 saturated heterocycles. The van der Waals surface area contributed by atoms with E-state index in [1.807, 2.05) is 35.2 Å². The molecule has 0 aliphatic carbocycles. The van der Waals surface area contributed by atoms with Crippen LogP contribution in [-0.4, -0.2) is 37.9 Å². The Bertz CT molecular complexity index is 436. The zero-order valence-electron chi connectivity index (χ0n) is 11.7. The summed E-state index contributed by atoms with van der Waals surface area (Å²) in [7, 11) is 0. The predicted molar refractivity (Wildman–Crippen MR) is 76.7 cm³/mol. The zero-order valence-corrected chi connectivity index (χ0v) is 11.7. The van der Waals surface area contributed by atoms with Crippen LogP contribution in [0.5, 0.6) is 0 Å². The Kier molecular flexibility index (Phi) is 4.33. The molecule has 0 aromatic heterocycles. The highest BCUT2D eigenvalue weighted by Gasteiger charge is 2.30. The lowest BCUT2D eigenvalue weighted by Crippen LogP contribution is -2.42. The van der Waals surface area contributed by atoms with Crippen LogP contribution in [0.4, 0.5) is 5.69 Å². The van der Waals surface area contributed by atoms with E-state index in [0.29, 0.717) is 13.0 Å². The third-order valence-corrected chi connectivity index (χ3v) is 4.00. The third-order valence-electron chi connectivity index (χ3n) is 4.00. The van der Waals surface area contributed by atoms with Crippen molar-refractivity contribution in [3.8, 4) is 0 Å². The van der Waals surface area contributed by atoms with Crippen molar-refractivity contribution in [2.45, 2.75) is 37.8 Å². The lowest BCUT2D eigenvalue weighted by Gasteiger charge is -2.29. The van der Waals surface area contributed by atoms with Crippen molar-refractivity contribution in [3.63, 3.8) is 0 Å². The van der Waals surface area contributed by atoms with Gasteiger partial charge in [-0.2, -0.15) is 0 Å². The van der Waals surface area contributed by atoms with Crippen LogP contribution in [-0.2, 0) is 14.3 Å². The Morgan fingerprint density at radius 1 is 1.20 bits per heavy atom. The lowest BCUT2D eigenvalue weighted by molar-refractivity contribution is -0.121. The van der Waals surface area contributed by atoms with Gasteiger partial charge in [-0.15, -0.1) is 0 Å². The second-order valence-corrected chi connectivity index (χ2v) is 5.46. The van der Waals surface area contributed by atoms with Gasteiger partial charge in [0.05, 0.1) is 25.2 Å². The number of anilines is 1. The first kappa shape index (κ1) is 13.6. The summed E-state index contributed by atoms with van der Waals surface area (Å²) in [6.45, 7) is 2.16. The van der Waals surface area contributed by atoms with Crippen molar-refractivity contribution < 1.29 is 14.3 Å². The van der Waals surface area contributed by atoms with Gasteiger partial charge in [-0.1, -0.05) is 18.2 Å². The monoisotopic (exact) mass is 275 g/mol. The first-order chi connectivity index (χ1) is 9.84. The third kappa shape index (κ3) is 3.02. The van der Waals surface area contributed by atoms with Crippen molar-refractivity contribution in [3.05, 3.63) is 30.3 Å². The topological polar surface area (TPSA) is 38.8 Å². The van der Waals surface area contributed by atoms with E-state index in [1.54, 1.807) is 0 Å². The maximum atomic E-state index is 12.7. The Labute approximate surface area is 119 Å². The average molecular weight is 275 g/mol. The van der Waals surface area contributed by atoms with Gasteiger partial charge >= 0.3 is 0 Å². The predicted octanol–water partition coefficient (Wildman–Crippen LogP) is 2.38. The second-order valence-electron chi connectivity index (χ2n) is 5.46. The molecule has 2 aliphatic rings. The van der Waals surface area contributed by atoms with Gasteiger partial charge in [-0.05, 0) is 31.4 Å². The quantitative estimate of drug-likeness (QED) is 0.847. The summed E-state index contributed by atoms with van der Waals surface area (Å²) in [6.07, 6.45) is 3.54. The van der Waals surface area contributed by atoms with Gasteiger partial charge in [0.25, 0.3) is 0 Å². The van der Waals surface area contributed by atoms with Crippen molar-refractivity contribution >= 4 is 11.6 Å². The van der Waals surface area contributed by atoms with E-state index in [4.69, 9.17) is 9.47 Å². The van der Waals surface area contributed by atoms with Crippen molar-refractivity contribution in [1.82, 2.24) is 0 Å². The molecule has 1 aromatic rings. The maximum Gasteiger partial charge on any atom is 0.229 e. The van der Waals surface area contributed by atoms with E-state index in [0.717, 1.165) is 38.2 Å². The van der Waals surface area contributed by atoms with Crippen LogP contribution in [0.25, 0.3) is 0 Å². The van der Waals surface area contributed by atoms with Gasteiger partial charge in [0, 0.05) is 18.9 Å². The molecule has 0 spiro atoms. The fourth-order valence-corrected chi connectivity index (χ4v) is 2.97. The van der Waals surface area contributed by atoms with Gasteiger partial charge in [-0.3, -0.25) is 4.79 Å². The van der Waals surface area contributed by atoms with Crippen LogP contribution < -0.4 is 4.90 Å². The lowest BCUT2D eigenvalue weighted by atomic mass is 10.1. The summed E-state index contributed by atoms with van der Waals surface area (Å²) in [5, 5.41) is 0. The number of nitrogens with zero attached hydrogens (tertiary/aromatic N) is 1. The average Bonchev–Trinajstić information content (AvgIpc) is 3.14. The molecule has 20 heavy (non-hydrogen) atoms. The Balaban J connectivity index is 1.75. The second kappa shape index (κ2) is 6.37. The van der Waals surface area contributed by atoms with E-state index in [2.05, 4.69) is 0 Å². The van der Waals surface area contributed by atoms with Crippen LogP contribution in [0, 0.1) is 0 Å². The molecule has 2 atom stereocenters. The van der Waals surface area contributed by atoms with Crippen molar-refractivity contribution in [1.29, 1.82) is 0 Å². The van der Waals surface area contributed by atoms with Gasteiger partial charge in [0.15, 0.2) is 0 Å². The molecular formula is C16H21NO3. The Morgan fingerprint density at radius 3 is 2.70 bits per heavy atom. The molecule has 108 valence electrons. The van der Waals surface area contributed by atoms with Crippen LogP contribution in [0.3, 0.4) is 0 Å². The number of ether oxygens (including phenoxy) is 2. The minimum absolute atomic E-state index is 0.0935. The summed E-state index contributed by atoms with van der Waals surface area (Å²) in [5.41, 5.74) is 0.964. The van der Waals surface area contributed by atoms with E-state index in [1.165, 1.54) is 0 Å². The number of carbonyl (C=O) groups is 1. The highest BCUT2D eigenvalue weighted by atomic mass is 16.5. The van der Waals surface area contributed by atoms with E-state index >= 15 is 0 Å². The molecule has 4 nitrogen and oxygen atoms in total. The summed E-state index contributed by atoms with van der Waals surface area (Å²) in [4.78, 5) is 14.6. The molecule has 0 radical (unpaired) electrons. The zero-order chi connectivity index (χ0) is 13.8. The fraction of sp³-hybridized carbons (Fsp3) is 0.562. The Morgan fingerprint density at radius 2 is 2.05 bits per heavy atom. The number of hydrogen-bond acceptors (Lipinski definition) is 3. The summed E-state index contributed by atoms with van der Waals surface area (Å²) >= 11 is 0. The molecule has 1 amide bonds. The van der Waals surface area contributed by atoms with E-state index in [-0.39, 0.29) is 18.1 Å². The summed E-state index contributed by atoms with van der Waals surface area (Å²) < 4.78 is 11.0. The molecule has 2 aliphatic heterocycles. The van der Waals surface area contributed by atoms with Crippen LogP contribution in [0.2, 0.25) is 0 Å². The summed E-state index contributed by atoms with van der Waals surface area (Å²) in [6, 6.07) is 10.1. The van der Waals surface area contributed by atoms with Crippen molar-refractivity contribution in [2.75, 3.05) is 24.7 Å². The SMILES string of the molecule is O=C(C[C@H]1CCCO1)N(c1ccccc1)[C@@H]1CCOC1. The molecule has 1 aromatic carbocycles. The number of carbonyl (C=O) groups excluding carboxylic acids is 1. The molecular weight excluding hydrogens is 254 g/mol. The fourth-order valence-electron chi connectivity index (χ4n) is 2.97. The molecule has 0 saturated carbocycles. The largest absolute Gasteiger partial charge is 0.379 e. The number of hydrogen-bond donors (Lipinski definition) is 0. The minimum atomic E-state index is 0.0935. The van der Waals surface area contributed by atoms with Gasteiger partial charge in [0.2, 0.25) is 5.91 Å². The van der Waals surface area contributed by atoms with Gasteiger partial charge in [-0.25, -0.2) is 0 Å². The molecule has 4 heteroatoms. The Hall–Kier alpha value is -1.39. The highest BCUT2D eigenvalue weighted by molar-refractivity contribution is 5.94. The van der Waals surface area contributed by atoms with E-state index < -0.39 is 0 Å². The van der Waals surface area contributed by atoms with E-state index in [9.17, 15) is 4.79 Å². The molecule has 2 fully saturated rings. The summed E-state index contributed by atoms with van der Waals surface area (Å²) in [5.74, 6) is 0.151. The highest BCUT2D eigenvalue weighted by Crippen LogP contribution is 2.25. The number of rotatable bonds is 4. The molecule has 3 rings (SSSR count). The van der Waals surface area contributed by atoms with Gasteiger partial charge in [0.1, 0.15) is 0 Å². The molecule has 0 bridgehead atoms. The smallest absolute Gasteiger partial charge is 0.229 e. The number of benzene rings is 1. The standard InChI is InChI=1S/C16H21NO3/c18-16(11-15-7-4-9-20-15)17(14-8-10-19-12-14)13-5-2-1-3-6-13/h1-3,5-6,14-15H,4,7-12H2/t14-,15-/m1/s1. The number of amides is 1. The number of para-hydroxylation sites is 1. The van der Waals surface area contributed by atoms with Gasteiger partial charge < -0.3 is 14.4 Å².